The molecule has 5 heteroatoms. The van der Waals surface area contributed by atoms with E-state index in [4.69, 9.17) is 10.5 Å². The minimum absolute atomic E-state index is 0.0793. The second-order valence-electron chi connectivity index (χ2n) is 4.53. The largest absolute Gasteiger partial charge is 0.493 e. The summed E-state index contributed by atoms with van der Waals surface area (Å²) in [7, 11) is 0. The van der Waals surface area contributed by atoms with Crippen molar-refractivity contribution in [3.8, 4) is 5.75 Å². The molecule has 0 spiro atoms. The third kappa shape index (κ3) is 4.42. The maximum atomic E-state index is 12.9. The molecule has 19 heavy (non-hydrogen) atoms. The third-order valence-corrected chi connectivity index (χ3v) is 3.21. The number of alkyl halides is 3. The molecule has 1 rings (SSSR count). The van der Waals surface area contributed by atoms with Gasteiger partial charge in [0.25, 0.3) is 0 Å². The minimum Gasteiger partial charge on any atom is -0.493 e. The Hall–Kier alpha value is -1.23. The molecule has 108 valence electrons. The van der Waals surface area contributed by atoms with Gasteiger partial charge >= 0.3 is 6.18 Å². The fourth-order valence-electron chi connectivity index (χ4n) is 1.78. The molecular formula is C14H20F3NO. The summed E-state index contributed by atoms with van der Waals surface area (Å²) in [5.74, 6) is 0.159. The Morgan fingerprint density at radius 3 is 2.32 bits per heavy atom. The Morgan fingerprint density at radius 1 is 1.21 bits per heavy atom. The van der Waals surface area contributed by atoms with Gasteiger partial charge in [-0.3, -0.25) is 0 Å². The Kier molecular flexibility index (Phi) is 5.66. The lowest BCUT2D eigenvalue weighted by Crippen LogP contribution is -2.14. The van der Waals surface area contributed by atoms with Gasteiger partial charge in [0, 0.05) is 6.54 Å². The Balaban J connectivity index is 2.93. The third-order valence-electron chi connectivity index (χ3n) is 3.21. The lowest BCUT2D eigenvalue weighted by Gasteiger charge is -2.18. The Morgan fingerprint density at radius 2 is 1.84 bits per heavy atom. The van der Waals surface area contributed by atoms with E-state index in [1.165, 1.54) is 6.07 Å². The van der Waals surface area contributed by atoms with E-state index < -0.39 is 11.7 Å². The van der Waals surface area contributed by atoms with Crippen molar-refractivity contribution in [2.45, 2.75) is 39.4 Å². The monoisotopic (exact) mass is 275 g/mol. The quantitative estimate of drug-likeness (QED) is 0.852. The molecule has 1 aromatic carbocycles. The van der Waals surface area contributed by atoms with Crippen LogP contribution in [-0.4, -0.2) is 6.61 Å². The van der Waals surface area contributed by atoms with Gasteiger partial charge < -0.3 is 10.5 Å². The zero-order chi connectivity index (χ0) is 14.5. The number of halogens is 3. The van der Waals surface area contributed by atoms with Gasteiger partial charge in [-0.05, 0) is 23.6 Å². The standard InChI is InChI=1S/C14H20F3NO/c1-3-10(4-2)9-19-13-6-5-11(8-18)7-12(13)14(15,16)17/h5-7,10H,3-4,8-9,18H2,1-2H3. The highest BCUT2D eigenvalue weighted by Crippen LogP contribution is 2.37. The van der Waals surface area contributed by atoms with Crippen molar-refractivity contribution < 1.29 is 17.9 Å². The first kappa shape index (κ1) is 15.8. The molecule has 0 saturated carbocycles. The normalized spacial score (nSPS) is 11.9. The summed E-state index contributed by atoms with van der Waals surface area (Å²) in [5, 5.41) is 0. The van der Waals surface area contributed by atoms with Crippen molar-refractivity contribution >= 4 is 0 Å². The van der Waals surface area contributed by atoms with E-state index in [2.05, 4.69) is 0 Å². The van der Waals surface area contributed by atoms with Gasteiger partial charge in [-0.2, -0.15) is 13.2 Å². The highest BCUT2D eigenvalue weighted by Gasteiger charge is 2.34. The molecule has 0 heterocycles. The molecule has 0 saturated heterocycles. The number of nitrogens with two attached hydrogens (primary N) is 1. The fraction of sp³-hybridized carbons (Fsp3) is 0.571. The predicted molar refractivity (Wildman–Crippen MR) is 68.9 cm³/mol. The average Bonchev–Trinajstić information content (AvgIpc) is 2.39. The molecule has 0 radical (unpaired) electrons. The first-order valence-corrected chi connectivity index (χ1v) is 6.45. The van der Waals surface area contributed by atoms with Gasteiger partial charge in [-0.1, -0.05) is 32.8 Å². The van der Waals surface area contributed by atoms with Gasteiger partial charge in [0.1, 0.15) is 5.75 Å². The lowest BCUT2D eigenvalue weighted by atomic mass is 10.0. The van der Waals surface area contributed by atoms with Crippen LogP contribution in [0.2, 0.25) is 0 Å². The van der Waals surface area contributed by atoms with Gasteiger partial charge in [-0.15, -0.1) is 0 Å². The molecule has 0 fully saturated rings. The molecule has 0 aliphatic carbocycles. The van der Waals surface area contributed by atoms with E-state index in [1.54, 1.807) is 6.07 Å². The van der Waals surface area contributed by atoms with Crippen molar-refractivity contribution in [1.82, 2.24) is 0 Å². The summed E-state index contributed by atoms with van der Waals surface area (Å²) in [6, 6.07) is 3.98. The number of rotatable bonds is 6. The van der Waals surface area contributed by atoms with Crippen LogP contribution in [-0.2, 0) is 12.7 Å². The molecule has 0 amide bonds. The second-order valence-corrected chi connectivity index (χ2v) is 4.53. The molecule has 0 atom stereocenters. The van der Waals surface area contributed by atoms with E-state index in [1.807, 2.05) is 13.8 Å². The summed E-state index contributed by atoms with van der Waals surface area (Å²) in [6.45, 7) is 4.38. The number of hydrogen-bond donors (Lipinski definition) is 1. The molecule has 0 aliphatic heterocycles. The minimum atomic E-state index is -4.42. The highest BCUT2D eigenvalue weighted by atomic mass is 19.4. The molecule has 2 N–H and O–H groups in total. The second kappa shape index (κ2) is 6.80. The molecule has 2 nitrogen and oxygen atoms in total. The van der Waals surface area contributed by atoms with Gasteiger partial charge in [0.2, 0.25) is 0 Å². The molecule has 0 aromatic heterocycles. The number of hydrogen-bond acceptors (Lipinski definition) is 2. The summed E-state index contributed by atoms with van der Waals surface area (Å²) >= 11 is 0. The van der Waals surface area contributed by atoms with Crippen LogP contribution < -0.4 is 10.5 Å². The van der Waals surface area contributed by atoms with Crippen molar-refractivity contribution in [3.63, 3.8) is 0 Å². The van der Waals surface area contributed by atoms with Crippen LogP contribution in [0.1, 0.15) is 37.8 Å². The van der Waals surface area contributed by atoms with Crippen LogP contribution in [0.4, 0.5) is 13.2 Å². The topological polar surface area (TPSA) is 35.2 Å². The first-order chi connectivity index (χ1) is 8.92. The maximum absolute atomic E-state index is 12.9. The molecule has 0 bridgehead atoms. The van der Waals surface area contributed by atoms with Gasteiger partial charge in [-0.25, -0.2) is 0 Å². The first-order valence-electron chi connectivity index (χ1n) is 6.45. The van der Waals surface area contributed by atoms with Crippen LogP contribution in [0.15, 0.2) is 18.2 Å². The van der Waals surface area contributed by atoms with E-state index >= 15 is 0 Å². The van der Waals surface area contributed by atoms with Crippen molar-refractivity contribution in [2.24, 2.45) is 11.7 Å². The van der Waals surface area contributed by atoms with Crippen LogP contribution in [0.5, 0.6) is 5.75 Å². The van der Waals surface area contributed by atoms with Gasteiger partial charge in [0.05, 0.1) is 12.2 Å². The number of ether oxygens (including phenoxy) is 1. The highest BCUT2D eigenvalue weighted by molar-refractivity contribution is 5.39. The van der Waals surface area contributed by atoms with E-state index in [0.29, 0.717) is 12.2 Å². The molecule has 1 aromatic rings. The van der Waals surface area contributed by atoms with E-state index in [0.717, 1.165) is 18.9 Å². The van der Waals surface area contributed by atoms with E-state index in [-0.39, 0.29) is 18.2 Å². The number of benzene rings is 1. The van der Waals surface area contributed by atoms with Crippen LogP contribution in [0, 0.1) is 5.92 Å². The van der Waals surface area contributed by atoms with Crippen molar-refractivity contribution in [2.75, 3.05) is 6.61 Å². The summed E-state index contributed by atoms with van der Waals surface area (Å²) in [5.41, 5.74) is 5.07. The zero-order valence-electron chi connectivity index (χ0n) is 11.3. The Labute approximate surface area is 111 Å². The average molecular weight is 275 g/mol. The Bertz CT molecular complexity index is 400. The van der Waals surface area contributed by atoms with Crippen LogP contribution >= 0.6 is 0 Å². The van der Waals surface area contributed by atoms with Crippen molar-refractivity contribution in [3.05, 3.63) is 29.3 Å². The molecule has 0 aliphatic rings. The van der Waals surface area contributed by atoms with Crippen LogP contribution in [0.25, 0.3) is 0 Å². The molecular weight excluding hydrogens is 255 g/mol. The van der Waals surface area contributed by atoms with Crippen LogP contribution in [0.3, 0.4) is 0 Å². The maximum Gasteiger partial charge on any atom is 0.419 e. The lowest BCUT2D eigenvalue weighted by molar-refractivity contribution is -0.139. The summed E-state index contributed by atoms with van der Waals surface area (Å²) in [6.07, 6.45) is -2.65. The van der Waals surface area contributed by atoms with Crippen molar-refractivity contribution in [1.29, 1.82) is 0 Å². The van der Waals surface area contributed by atoms with E-state index in [9.17, 15) is 13.2 Å². The smallest absolute Gasteiger partial charge is 0.419 e. The molecule has 0 unspecified atom stereocenters. The fourth-order valence-corrected chi connectivity index (χ4v) is 1.78. The summed E-state index contributed by atoms with van der Waals surface area (Å²) in [4.78, 5) is 0. The SMILES string of the molecule is CCC(CC)COc1ccc(CN)cc1C(F)(F)F. The van der Waals surface area contributed by atoms with Gasteiger partial charge in [0.15, 0.2) is 0 Å². The zero-order valence-corrected chi connectivity index (χ0v) is 11.3. The summed E-state index contributed by atoms with van der Waals surface area (Å²) < 4.78 is 44.1. The predicted octanol–water partition coefficient (Wildman–Crippen LogP) is 3.98.